The number of benzene rings is 2. The number of fused-ring (bicyclic) bond motifs is 1. The van der Waals surface area contributed by atoms with Crippen molar-refractivity contribution in [3.63, 3.8) is 0 Å². The molecule has 0 aliphatic carbocycles. The van der Waals surface area contributed by atoms with Crippen LogP contribution in [0.25, 0.3) is 11.2 Å². The molecule has 2 aromatic heterocycles. The third-order valence-electron chi connectivity index (χ3n) is 4.77. The molecule has 0 aliphatic rings. The minimum Gasteiger partial charge on any atom is -0.374 e. The van der Waals surface area contributed by atoms with E-state index in [4.69, 9.17) is 19.9 Å². The van der Waals surface area contributed by atoms with Crippen LogP contribution < -0.4 is 11.3 Å². The maximum Gasteiger partial charge on any atom is 0.280 e. The summed E-state index contributed by atoms with van der Waals surface area (Å²) in [5.74, 6) is 0.0302. The van der Waals surface area contributed by atoms with Gasteiger partial charge in [-0.1, -0.05) is 60.7 Å². The summed E-state index contributed by atoms with van der Waals surface area (Å²) in [5.41, 5.74) is 8.00. The van der Waals surface area contributed by atoms with Gasteiger partial charge in [-0.3, -0.25) is 14.3 Å². The van der Waals surface area contributed by atoms with E-state index in [1.165, 1.54) is 6.33 Å². The molecular weight excluding hydrogens is 410 g/mol. The minimum atomic E-state index is -0.385. The first-order valence-corrected chi connectivity index (χ1v) is 10.2. The van der Waals surface area contributed by atoms with E-state index in [-0.39, 0.29) is 29.9 Å². The number of aromatic nitrogens is 4. The Labute approximate surface area is 184 Å². The normalized spacial score (nSPS) is 12.2. The lowest BCUT2D eigenvalue weighted by Crippen LogP contribution is -2.26. The summed E-state index contributed by atoms with van der Waals surface area (Å²) in [7, 11) is 0. The van der Waals surface area contributed by atoms with Crippen LogP contribution in [0.2, 0.25) is 0 Å². The van der Waals surface area contributed by atoms with E-state index in [2.05, 4.69) is 15.0 Å². The fourth-order valence-corrected chi connectivity index (χ4v) is 3.16. The second kappa shape index (κ2) is 10.7. The topological polar surface area (TPSA) is 117 Å². The highest BCUT2D eigenvalue weighted by molar-refractivity contribution is 5.70. The molecular formula is C23H25N5O4. The van der Waals surface area contributed by atoms with Gasteiger partial charge in [0.1, 0.15) is 12.8 Å². The van der Waals surface area contributed by atoms with Crippen LogP contribution >= 0.6 is 0 Å². The molecule has 9 heteroatoms. The van der Waals surface area contributed by atoms with Crippen LogP contribution in [0, 0.1) is 0 Å². The number of imidazole rings is 1. The van der Waals surface area contributed by atoms with Crippen LogP contribution in [0.3, 0.4) is 0 Å². The van der Waals surface area contributed by atoms with E-state index in [0.717, 1.165) is 11.1 Å². The molecule has 9 nitrogen and oxygen atoms in total. The van der Waals surface area contributed by atoms with Crippen molar-refractivity contribution in [3.05, 3.63) is 88.5 Å². The molecule has 0 saturated heterocycles. The zero-order valence-corrected chi connectivity index (χ0v) is 17.5. The molecule has 0 amide bonds. The zero-order chi connectivity index (χ0) is 22.2. The Morgan fingerprint density at radius 1 is 0.938 bits per heavy atom. The second-order valence-corrected chi connectivity index (χ2v) is 7.26. The van der Waals surface area contributed by atoms with Crippen LogP contribution in [0.1, 0.15) is 11.1 Å². The Kier molecular flexibility index (Phi) is 7.23. The van der Waals surface area contributed by atoms with Crippen LogP contribution in [0.5, 0.6) is 0 Å². The third-order valence-corrected chi connectivity index (χ3v) is 4.77. The predicted octanol–water partition coefficient (Wildman–Crippen LogP) is 2.48. The minimum absolute atomic E-state index is 0.0302. The van der Waals surface area contributed by atoms with Crippen molar-refractivity contribution in [2.75, 3.05) is 18.9 Å². The molecule has 0 saturated carbocycles. The van der Waals surface area contributed by atoms with Crippen molar-refractivity contribution in [1.82, 2.24) is 19.5 Å². The van der Waals surface area contributed by atoms with E-state index in [1.54, 1.807) is 4.57 Å². The smallest absolute Gasteiger partial charge is 0.280 e. The van der Waals surface area contributed by atoms with E-state index in [1.807, 2.05) is 60.7 Å². The zero-order valence-electron chi connectivity index (χ0n) is 17.5. The number of H-pyrrole nitrogens is 1. The molecule has 2 aromatic carbocycles. The number of hydrogen-bond acceptors (Lipinski definition) is 7. The van der Waals surface area contributed by atoms with Gasteiger partial charge in [0.15, 0.2) is 11.2 Å². The van der Waals surface area contributed by atoms with Gasteiger partial charge in [0, 0.05) is 0 Å². The molecule has 0 spiro atoms. The van der Waals surface area contributed by atoms with Gasteiger partial charge in [-0.05, 0) is 11.1 Å². The van der Waals surface area contributed by atoms with Crippen LogP contribution in [-0.2, 0) is 34.2 Å². The summed E-state index contributed by atoms with van der Waals surface area (Å²) in [6.07, 6.45) is 1.22. The molecule has 1 unspecified atom stereocenters. The summed E-state index contributed by atoms with van der Waals surface area (Å²) >= 11 is 0. The third kappa shape index (κ3) is 5.79. The number of nitrogens with two attached hydrogens (primary N) is 1. The number of rotatable bonds is 11. The van der Waals surface area contributed by atoms with Gasteiger partial charge in [0.25, 0.3) is 5.56 Å². The number of nitrogen functional groups attached to an aromatic ring is 1. The van der Waals surface area contributed by atoms with Crippen LogP contribution in [0.15, 0.2) is 71.8 Å². The Morgan fingerprint density at radius 2 is 1.59 bits per heavy atom. The molecule has 2 heterocycles. The first kappa shape index (κ1) is 21.7. The number of nitrogens with one attached hydrogen (secondary N) is 1. The van der Waals surface area contributed by atoms with Crippen molar-refractivity contribution >= 4 is 17.1 Å². The second-order valence-electron chi connectivity index (χ2n) is 7.26. The van der Waals surface area contributed by atoms with Gasteiger partial charge in [-0.15, -0.1) is 0 Å². The van der Waals surface area contributed by atoms with Crippen LogP contribution in [0.4, 0.5) is 5.95 Å². The van der Waals surface area contributed by atoms with Gasteiger partial charge in [-0.2, -0.15) is 4.98 Å². The van der Waals surface area contributed by atoms with E-state index < -0.39 is 0 Å². The molecule has 0 fully saturated rings. The fourth-order valence-electron chi connectivity index (χ4n) is 3.16. The first-order valence-electron chi connectivity index (χ1n) is 10.2. The van der Waals surface area contributed by atoms with Gasteiger partial charge in [-0.25, -0.2) is 4.98 Å². The lowest BCUT2D eigenvalue weighted by atomic mass is 10.2. The Hall–Kier alpha value is -3.53. The summed E-state index contributed by atoms with van der Waals surface area (Å²) in [6, 6.07) is 19.9. The molecule has 1 atom stereocenters. The van der Waals surface area contributed by atoms with Crippen LogP contribution in [-0.4, -0.2) is 38.8 Å². The maximum absolute atomic E-state index is 11.9. The maximum atomic E-state index is 11.9. The van der Waals surface area contributed by atoms with Gasteiger partial charge in [0.05, 0.1) is 32.8 Å². The standard InChI is InChI=1S/C23H25N5O4/c24-23-26-21-20(22(29)27-23)25-15-28(21)16-31-14-19(32-12-18-9-5-2-6-10-18)13-30-11-17-7-3-1-4-8-17/h1-10,15,19H,11-14,16H2,(H3,24,26,27,29). The summed E-state index contributed by atoms with van der Waals surface area (Å²) in [6.45, 7) is 1.75. The monoisotopic (exact) mass is 435 g/mol. The summed E-state index contributed by atoms with van der Waals surface area (Å²) in [4.78, 5) is 22.6. The Bertz CT molecular complexity index is 1180. The Balaban J connectivity index is 1.35. The summed E-state index contributed by atoms with van der Waals surface area (Å²) in [5, 5.41) is 0. The van der Waals surface area contributed by atoms with Gasteiger partial charge < -0.3 is 19.9 Å². The SMILES string of the molecule is Nc1nc2c(ncn2COCC(COCc2ccccc2)OCc2ccccc2)c(=O)[nH]1. The fraction of sp³-hybridized carbons (Fsp3) is 0.261. The molecule has 32 heavy (non-hydrogen) atoms. The van der Waals surface area contributed by atoms with Crippen molar-refractivity contribution < 1.29 is 14.2 Å². The quantitative estimate of drug-likeness (QED) is 0.372. The van der Waals surface area contributed by atoms with Crippen molar-refractivity contribution in [2.45, 2.75) is 26.0 Å². The lowest BCUT2D eigenvalue weighted by Gasteiger charge is -2.19. The average molecular weight is 435 g/mol. The van der Waals surface area contributed by atoms with Gasteiger partial charge in [0.2, 0.25) is 5.95 Å². The van der Waals surface area contributed by atoms with E-state index >= 15 is 0 Å². The predicted molar refractivity (Wildman–Crippen MR) is 120 cm³/mol. The molecule has 4 aromatic rings. The molecule has 0 aliphatic heterocycles. The number of anilines is 1. The average Bonchev–Trinajstić information content (AvgIpc) is 3.21. The number of hydrogen-bond donors (Lipinski definition) is 2. The molecule has 166 valence electrons. The molecule has 4 rings (SSSR count). The molecule has 0 bridgehead atoms. The number of aromatic amines is 1. The Morgan fingerprint density at radius 3 is 2.31 bits per heavy atom. The van der Waals surface area contributed by atoms with E-state index in [9.17, 15) is 4.79 Å². The molecule has 0 radical (unpaired) electrons. The van der Waals surface area contributed by atoms with Crippen molar-refractivity contribution in [2.24, 2.45) is 0 Å². The van der Waals surface area contributed by atoms with Crippen molar-refractivity contribution in [3.8, 4) is 0 Å². The lowest BCUT2D eigenvalue weighted by molar-refractivity contribution is -0.0801. The first-order chi connectivity index (χ1) is 15.7. The highest BCUT2D eigenvalue weighted by Gasteiger charge is 2.13. The van der Waals surface area contributed by atoms with Crippen molar-refractivity contribution in [1.29, 1.82) is 0 Å². The highest BCUT2D eigenvalue weighted by Crippen LogP contribution is 2.09. The van der Waals surface area contributed by atoms with E-state index in [0.29, 0.717) is 32.1 Å². The number of ether oxygens (including phenoxy) is 3. The number of nitrogens with zero attached hydrogens (tertiary/aromatic N) is 3. The largest absolute Gasteiger partial charge is 0.374 e. The summed E-state index contributed by atoms with van der Waals surface area (Å²) < 4.78 is 19.4. The van der Waals surface area contributed by atoms with Gasteiger partial charge >= 0.3 is 0 Å². The molecule has 3 N–H and O–H groups in total. The highest BCUT2D eigenvalue weighted by atomic mass is 16.6.